The number of H-pyrrole nitrogens is 1. The number of hydrogen-bond donors (Lipinski definition) is 1. The van der Waals surface area contributed by atoms with Gasteiger partial charge in [-0.15, -0.1) is 5.10 Å². The van der Waals surface area contributed by atoms with E-state index in [0.29, 0.717) is 17.5 Å². The van der Waals surface area contributed by atoms with Crippen LogP contribution in [0.4, 0.5) is 0 Å². The van der Waals surface area contributed by atoms with Crippen molar-refractivity contribution in [1.29, 1.82) is 0 Å². The van der Waals surface area contributed by atoms with Gasteiger partial charge in [0.2, 0.25) is 11.1 Å². The second kappa shape index (κ2) is 8.72. The molecule has 23 heavy (non-hydrogen) atoms. The van der Waals surface area contributed by atoms with Crippen LogP contribution in [0, 0.1) is 6.92 Å². The average Bonchev–Trinajstić information content (AvgIpc) is 3.02. The Hall–Kier alpha value is -1.82. The third-order valence-electron chi connectivity index (χ3n) is 3.51. The fraction of sp³-hybridized carbons (Fsp3) is 0.471. The molecule has 0 radical (unpaired) electrons. The van der Waals surface area contributed by atoms with Gasteiger partial charge < -0.3 is 4.90 Å². The third-order valence-corrected chi connectivity index (χ3v) is 4.34. The lowest BCUT2D eigenvalue weighted by Gasteiger charge is -2.22. The van der Waals surface area contributed by atoms with Crippen molar-refractivity contribution in [3.05, 3.63) is 41.2 Å². The van der Waals surface area contributed by atoms with Gasteiger partial charge in [-0.1, -0.05) is 55.4 Å². The number of carbonyl (C=O) groups is 1. The molecule has 2 aromatic rings. The Bertz CT molecular complexity index is 624. The predicted molar refractivity (Wildman–Crippen MR) is 93.4 cm³/mol. The van der Waals surface area contributed by atoms with Crippen molar-refractivity contribution < 1.29 is 4.79 Å². The number of carbonyl (C=O) groups excluding carboxylic acids is 1. The summed E-state index contributed by atoms with van der Waals surface area (Å²) < 4.78 is 0. The summed E-state index contributed by atoms with van der Waals surface area (Å²) in [5, 5.41) is 7.63. The third kappa shape index (κ3) is 5.39. The minimum Gasteiger partial charge on any atom is -0.338 e. The SMILES string of the molecule is CCCN(Cc1ccc(C)cc1)C(=O)CSc1n[nH]c(CC)n1. The van der Waals surface area contributed by atoms with Gasteiger partial charge in [0.25, 0.3) is 0 Å². The number of nitrogens with one attached hydrogen (secondary N) is 1. The molecule has 1 amide bonds. The van der Waals surface area contributed by atoms with E-state index in [2.05, 4.69) is 53.3 Å². The number of amides is 1. The molecular formula is C17H24N4OS. The Morgan fingerprint density at radius 1 is 1.26 bits per heavy atom. The number of thioether (sulfide) groups is 1. The van der Waals surface area contributed by atoms with Crippen molar-refractivity contribution in [2.75, 3.05) is 12.3 Å². The van der Waals surface area contributed by atoms with E-state index >= 15 is 0 Å². The molecule has 0 aliphatic heterocycles. The first kappa shape index (κ1) is 17.5. The summed E-state index contributed by atoms with van der Waals surface area (Å²) in [6, 6.07) is 8.33. The van der Waals surface area contributed by atoms with Crippen LogP contribution >= 0.6 is 11.8 Å². The summed E-state index contributed by atoms with van der Waals surface area (Å²) in [6.07, 6.45) is 1.76. The number of aromatic amines is 1. The highest BCUT2D eigenvalue weighted by Gasteiger charge is 2.15. The quantitative estimate of drug-likeness (QED) is 0.754. The van der Waals surface area contributed by atoms with Gasteiger partial charge >= 0.3 is 0 Å². The van der Waals surface area contributed by atoms with Gasteiger partial charge in [-0.25, -0.2) is 4.98 Å². The summed E-state index contributed by atoms with van der Waals surface area (Å²) in [5.41, 5.74) is 2.39. The fourth-order valence-electron chi connectivity index (χ4n) is 2.19. The number of aromatic nitrogens is 3. The minimum atomic E-state index is 0.125. The summed E-state index contributed by atoms with van der Waals surface area (Å²) in [5.74, 6) is 1.35. The van der Waals surface area contributed by atoms with Gasteiger partial charge in [0.1, 0.15) is 5.82 Å². The molecule has 0 aliphatic rings. The average molecular weight is 332 g/mol. The highest BCUT2D eigenvalue weighted by Crippen LogP contribution is 2.15. The summed E-state index contributed by atoms with van der Waals surface area (Å²) in [6.45, 7) is 7.59. The van der Waals surface area contributed by atoms with Crippen molar-refractivity contribution in [3.63, 3.8) is 0 Å². The van der Waals surface area contributed by atoms with Gasteiger partial charge in [-0.3, -0.25) is 9.89 Å². The van der Waals surface area contributed by atoms with Crippen LogP contribution in [0.2, 0.25) is 0 Å². The molecule has 0 spiro atoms. The molecule has 1 aromatic heterocycles. The Morgan fingerprint density at radius 2 is 2.00 bits per heavy atom. The van der Waals surface area contributed by atoms with E-state index in [-0.39, 0.29) is 5.91 Å². The molecule has 0 fully saturated rings. The van der Waals surface area contributed by atoms with Crippen LogP contribution < -0.4 is 0 Å². The van der Waals surface area contributed by atoms with E-state index in [1.54, 1.807) is 0 Å². The molecule has 0 bridgehead atoms. The van der Waals surface area contributed by atoms with E-state index < -0.39 is 0 Å². The molecule has 0 aliphatic carbocycles. The van der Waals surface area contributed by atoms with Crippen LogP contribution in [-0.4, -0.2) is 38.3 Å². The van der Waals surface area contributed by atoms with Crippen LogP contribution in [0.25, 0.3) is 0 Å². The predicted octanol–water partition coefficient (Wildman–Crippen LogP) is 3.21. The first-order valence-electron chi connectivity index (χ1n) is 7.99. The molecule has 6 heteroatoms. The van der Waals surface area contributed by atoms with Crippen LogP contribution in [0.5, 0.6) is 0 Å². The molecule has 1 heterocycles. The van der Waals surface area contributed by atoms with Gasteiger partial charge in [-0.2, -0.15) is 0 Å². The smallest absolute Gasteiger partial charge is 0.233 e. The Labute approximate surface area is 141 Å². The lowest BCUT2D eigenvalue weighted by Crippen LogP contribution is -2.32. The lowest BCUT2D eigenvalue weighted by molar-refractivity contribution is -0.129. The van der Waals surface area contributed by atoms with E-state index in [1.807, 2.05) is 11.8 Å². The topological polar surface area (TPSA) is 61.9 Å². The number of rotatable bonds is 8. The largest absolute Gasteiger partial charge is 0.338 e. The van der Waals surface area contributed by atoms with Gasteiger partial charge in [0, 0.05) is 19.5 Å². The zero-order chi connectivity index (χ0) is 16.7. The molecule has 2 rings (SSSR count). The monoisotopic (exact) mass is 332 g/mol. The molecule has 1 aromatic carbocycles. The molecular weight excluding hydrogens is 308 g/mol. The standard InChI is InChI=1S/C17H24N4OS/c1-4-10-21(11-14-8-6-13(3)7-9-14)16(22)12-23-17-18-15(5-2)19-20-17/h6-9H,4-5,10-12H2,1-3H3,(H,18,19,20). The van der Waals surface area contributed by atoms with Crippen LogP contribution in [0.15, 0.2) is 29.4 Å². The summed E-state index contributed by atoms with van der Waals surface area (Å²) >= 11 is 1.39. The molecule has 0 unspecified atom stereocenters. The lowest BCUT2D eigenvalue weighted by atomic mass is 10.1. The van der Waals surface area contributed by atoms with E-state index in [1.165, 1.54) is 17.3 Å². The van der Waals surface area contributed by atoms with Crippen molar-refractivity contribution in [1.82, 2.24) is 20.1 Å². The molecule has 0 saturated heterocycles. The van der Waals surface area contributed by atoms with Crippen LogP contribution in [0.1, 0.15) is 37.2 Å². The van der Waals surface area contributed by atoms with Crippen molar-refractivity contribution >= 4 is 17.7 Å². The Kier molecular flexibility index (Phi) is 6.65. The zero-order valence-corrected chi connectivity index (χ0v) is 14.8. The molecule has 0 saturated carbocycles. The number of nitrogens with zero attached hydrogens (tertiary/aromatic N) is 3. The second-order valence-corrected chi connectivity index (χ2v) is 6.45. The number of aryl methyl sites for hydroxylation is 2. The Balaban J connectivity index is 1.93. The highest BCUT2D eigenvalue weighted by molar-refractivity contribution is 7.99. The van der Waals surface area contributed by atoms with Crippen molar-refractivity contribution in [2.24, 2.45) is 0 Å². The summed E-state index contributed by atoms with van der Waals surface area (Å²) in [4.78, 5) is 18.7. The maximum absolute atomic E-state index is 12.5. The van der Waals surface area contributed by atoms with Crippen LogP contribution in [-0.2, 0) is 17.8 Å². The van der Waals surface area contributed by atoms with E-state index in [0.717, 1.165) is 30.8 Å². The normalized spacial score (nSPS) is 10.7. The Morgan fingerprint density at radius 3 is 2.61 bits per heavy atom. The number of hydrogen-bond acceptors (Lipinski definition) is 4. The van der Waals surface area contributed by atoms with Crippen molar-refractivity contribution in [2.45, 2.75) is 45.3 Å². The molecule has 124 valence electrons. The van der Waals surface area contributed by atoms with Crippen LogP contribution in [0.3, 0.4) is 0 Å². The van der Waals surface area contributed by atoms with E-state index in [4.69, 9.17) is 0 Å². The van der Waals surface area contributed by atoms with Gasteiger partial charge in [0.15, 0.2) is 0 Å². The maximum atomic E-state index is 12.5. The molecule has 1 N–H and O–H groups in total. The minimum absolute atomic E-state index is 0.125. The first-order chi connectivity index (χ1) is 11.1. The second-order valence-electron chi connectivity index (χ2n) is 5.51. The maximum Gasteiger partial charge on any atom is 0.233 e. The van der Waals surface area contributed by atoms with Gasteiger partial charge in [0.05, 0.1) is 5.75 Å². The zero-order valence-electron chi connectivity index (χ0n) is 14.0. The first-order valence-corrected chi connectivity index (χ1v) is 8.98. The van der Waals surface area contributed by atoms with E-state index in [9.17, 15) is 4.79 Å². The van der Waals surface area contributed by atoms with Gasteiger partial charge in [-0.05, 0) is 18.9 Å². The number of benzene rings is 1. The summed E-state index contributed by atoms with van der Waals surface area (Å²) in [7, 11) is 0. The highest BCUT2D eigenvalue weighted by atomic mass is 32.2. The van der Waals surface area contributed by atoms with Crippen molar-refractivity contribution in [3.8, 4) is 0 Å². The fourth-order valence-corrected chi connectivity index (χ4v) is 2.91. The molecule has 5 nitrogen and oxygen atoms in total. The molecule has 0 atom stereocenters.